The molecule has 1 unspecified atom stereocenters. The molecule has 0 fully saturated rings. The number of halogens is 1. The van der Waals surface area contributed by atoms with E-state index < -0.39 is 0 Å². The molecule has 0 spiro atoms. The summed E-state index contributed by atoms with van der Waals surface area (Å²) < 4.78 is 6.67. The third-order valence-electron chi connectivity index (χ3n) is 3.58. The zero-order valence-corrected chi connectivity index (χ0v) is 11.6. The number of aryl methyl sites for hydroxylation is 1. The average molecular weight is 295 g/mol. The van der Waals surface area contributed by atoms with Crippen molar-refractivity contribution in [1.29, 1.82) is 0 Å². The van der Waals surface area contributed by atoms with Crippen molar-refractivity contribution in [2.75, 3.05) is 14.1 Å². The summed E-state index contributed by atoms with van der Waals surface area (Å²) in [7, 11) is 4.29. The number of hydrogen-bond acceptors (Lipinski definition) is 3. The van der Waals surface area contributed by atoms with Gasteiger partial charge in [0.25, 0.3) is 0 Å². The first-order valence-corrected chi connectivity index (χ1v) is 6.67. The molecule has 1 atom stereocenters. The van der Waals surface area contributed by atoms with E-state index in [0.717, 1.165) is 28.9 Å². The molecule has 0 radical (unpaired) electrons. The maximum absolute atomic E-state index is 5.84. The number of aromatic nitrogens is 1. The zero-order chi connectivity index (χ0) is 12.0. The van der Waals surface area contributed by atoms with Gasteiger partial charge in [0.2, 0.25) is 5.71 Å². The summed E-state index contributed by atoms with van der Waals surface area (Å²) >= 11 is 3.38. The predicted octanol–water partition coefficient (Wildman–Crippen LogP) is 3.01. The van der Waals surface area contributed by atoms with Crippen LogP contribution < -0.4 is 0 Å². The second-order valence-electron chi connectivity index (χ2n) is 4.85. The van der Waals surface area contributed by atoms with E-state index in [2.05, 4.69) is 46.0 Å². The number of furan rings is 1. The van der Waals surface area contributed by atoms with Crippen LogP contribution in [0.15, 0.2) is 21.2 Å². The normalized spacial score (nSPS) is 19.9. The van der Waals surface area contributed by atoms with E-state index in [1.54, 1.807) is 0 Å². The van der Waals surface area contributed by atoms with Gasteiger partial charge in [0, 0.05) is 23.4 Å². The van der Waals surface area contributed by atoms with Crippen molar-refractivity contribution in [2.24, 2.45) is 0 Å². The molecule has 0 bridgehead atoms. The number of pyridine rings is 1. The molecule has 1 aliphatic carbocycles. The minimum Gasteiger partial charge on any atom is -0.442 e. The molecule has 0 amide bonds. The fourth-order valence-electron chi connectivity index (χ4n) is 2.56. The lowest BCUT2D eigenvalue weighted by molar-refractivity contribution is 0.260. The molecule has 90 valence electrons. The van der Waals surface area contributed by atoms with E-state index in [1.807, 2.05) is 6.07 Å². The van der Waals surface area contributed by atoms with Gasteiger partial charge in [0.1, 0.15) is 10.4 Å². The maximum atomic E-state index is 5.84. The predicted molar refractivity (Wildman–Crippen MR) is 71.2 cm³/mol. The summed E-state index contributed by atoms with van der Waals surface area (Å²) in [5, 5.41) is 1.18. The quantitative estimate of drug-likeness (QED) is 0.757. The summed E-state index contributed by atoms with van der Waals surface area (Å²) in [6.07, 6.45) is 3.26. The Balaban J connectivity index is 2.09. The van der Waals surface area contributed by atoms with Gasteiger partial charge in [-0.05, 0) is 55.0 Å². The monoisotopic (exact) mass is 294 g/mol. The molecule has 0 N–H and O–H groups in total. The Hall–Kier alpha value is -0.870. The molecule has 0 aliphatic heterocycles. The van der Waals surface area contributed by atoms with Crippen LogP contribution in [0, 0.1) is 0 Å². The number of rotatable bonds is 1. The molecule has 2 aromatic heterocycles. The third kappa shape index (κ3) is 1.89. The molecule has 0 saturated carbocycles. The lowest BCUT2D eigenvalue weighted by Crippen LogP contribution is -2.33. The number of fused-ring (bicyclic) bond motifs is 3. The summed E-state index contributed by atoms with van der Waals surface area (Å²) in [5.74, 6) is 1.13. The van der Waals surface area contributed by atoms with Crippen LogP contribution in [-0.4, -0.2) is 30.0 Å². The van der Waals surface area contributed by atoms with Crippen LogP contribution in [-0.2, 0) is 12.8 Å². The highest BCUT2D eigenvalue weighted by atomic mass is 79.9. The summed E-state index contributed by atoms with van der Waals surface area (Å²) in [6, 6.07) is 4.71. The Kier molecular flexibility index (Phi) is 2.71. The molecule has 2 aromatic rings. The first-order valence-electron chi connectivity index (χ1n) is 5.88. The van der Waals surface area contributed by atoms with Gasteiger partial charge in [-0.2, -0.15) is 0 Å². The maximum Gasteiger partial charge on any atom is 0.227 e. The highest BCUT2D eigenvalue weighted by Gasteiger charge is 2.25. The van der Waals surface area contributed by atoms with E-state index in [9.17, 15) is 0 Å². The van der Waals surface area contributed by atoms with Crippen LogP contribution in [0.3, 0.4) is 0 Å². The van der Waals surface area contributed by atoms with Crippen LogP contribution in [0.2, 0.25) is 0 Å². The van der Waals surface area contributed by atoms with E-state index >= 15 is 0 Å². The fourth-order valence-corrected chi connectivity index (χ4v) is 2.85. The van der Waals surface area contributed by atoms with E-state index in [1.165, 1.54) is 17.4 Å². The van der Waals surface area contributed by atoms with E-state index in [0.29, 0.717) is 6.04 Å². The Morgan fingerprint density at radius 2 is 2.24 bits per heavy atom. The van der Waals surface area contributed by atoms with Crippen molar-refractivity contribution in [1.82, 2.24) is 9.88 Å². The van der Waals surface area contributed by atoms with Crippen molar-refractivity contribution in [3.63, 3.8) is 0 Å². The second kappa shape index (κ2) is 4.10. The first-order chi connectivity index (χ1) is 8.15. The number of nitrogens with zero attached hydrogens (tertiary/aromatic N) is 2. The van der Waals surface area contributed by atoms with Crippen molar-refractivity contribution in [3.8, 4) is 0 Å². The second-order valence-corrected chi connectivity index (χ2v) is 5.66. The molecule has 4 heteroatoms. The molecule has 1 aliphatic rings. The molecule has 0 saturated heterocycles. The fraction of sp³-hybridized carbons (Fsp3) is 0.462. The van der Waals surface area contributed by atoms with Crippen molar-refractivity contribution >= 4 is 27.0 Å². The molecular weight excluding hydrogens is 280 g/mol. The summed E-state index contributed by atoms with van der Waals surface area (Å²) in [5.41, 5.74) is 2.12. The standard InChI is InChI=1S/C13H15BrN2O/c1-16(2)8-3-5-11-10(7-8)9-4-6-12(14)15-13(9)17-11/h4,6,8H,3,5,7H2,1-2H3. The number of hydrogen-bond donors (Lipinski definition) is 0. The van der Waals surface area contributed by atoms with Gasteiger partial charge in [-0.3, -0.25) is 0 Å². The van der Waals surface area contributed by atoms with Gasteiger partial charge in [-0.15, -0.1) is 0 Å². The van der Waals surface area contributed by atoms with Gasteiger partial charge >= 0.3 is 0 Å². The molecular formula is C13H15BrN2O. The van der Waals surface area contributed by atoms with Crippen LogP contribution in [0.4, 0.5) is 0 Å². The van der Waals surface area contributed by atoms with Gasteiger partial charge in [-0.25, -0.2) is 4.98 Å². The smallest absolute Gasteiger partial charge is 0.227 e. The van der Waals surface area contributed by atoms with Gasteiger partial charge in [0.05, 0.1) is 0 Å². The first kappa shape index (κ1) is 11.2. The molecule has 3 nitrogen and oxygen atoms in total. The Labute approximate surface area is 109 Å². The zero-order valence-electron chi connectivity index (χ0n) is 10.0. The van der Waals surface area contributed by atoms with Crippen LogP contribution in [0.1, 0.15) is 17.7 Å². The highest BCUT2D eigenvalue weighted by molar-refractivity contribution is 9.10. The molecule has 17 heavy (non-hydrogen) atoms. The molecule has 2 heterocycles. The minimum atomic E-state index is 0.618. The van der Waals surface area contributed by atoms with Crippen LogP contribution >= 0.6 is 15.9 Å². The van der Waals surface area contributed by atoms with Crippen LogP contribution in [0.25, 0.3) is 11.1 Å². The number of likely N-dealkylation sites (N-methyl/N-ethyl adjacent to an activating group) is 1. The van der Waals surface area contributed by atoms with Crippen molar-refractivity contribution < 1.29 is 4.42 Å². The summed E-state index contributed by atoms with van der Waals surface area (Å²) in [6.45, 7) is 0. The lowest BCUT2D eigenvalue weighted by atomic mass is 9.91. The molecule has 0 aromatic carbocycles. The highest BCUT2D eigenvalue weighted by Crippen LogP contribution is 2.32. The summed E-state index contributed by atoms with van der Waals surface area (Å²) in [4.78, 5) is 6.69. The Bertz CT molecular complexity index is 562. The lowest BCUT2D eigenvalue weighted by Gasteiger charge is -2.27. The van der Waals surface area contributed by atoms with Gasteiger partial charge < -0.3 is 9.32 Å². The largest absolute Gasteiger partial charge is 0.442 e. The van der Waals surface area contributed by atoms with Gasteiger partial charge in [-0.1, -0.05) is 0 Å². The SMILES string of the molecule is CN(C)C1CCc2oc3nc(Br)ccc3c2C1. The topological polar surface area (TPSA) is 29.3 Å². The third-order valence-corrected chi connectivity index (χ3v) is 4.02. The minimum absolute atomic E-state index is 0.618. The van der Waals surface area contributed by atoms with Gasteiger partial charge in [0.15, 0.2) is 0 Å². The van der Waals surface area contributed by atoms with Crippen LogP contribution in [0.5, 0.6) is 0 Å². The van der Waals surface area contributed by atoms with Crippen molar-refractivity contribution in [3.05, 3.63) is 28.1 Å². The van der Waals surface area contributed by atoms with E-state index in [-0.39, 0.29) is 0 Å². The molecule has 3 rings (SSSR count). The Morgan fingerprint density at radius 3 is 3.00 bits per heavy atom. The Morgan fingerprint density at radius 1 is 1.41 bits per heavy atom. The van der Waals surface area contributed by atoms with Crippen molar-refractivity contribution in [2.45, 2.75) is 25.3 Å². The average Bonchev–Trinajstić information content (AvgIpc) is 2.64. The van der Waals surface area contributed by atoms with E-state index in [4.69, 9.17) is 4.42 Å².